The lowest BCUT2D eigenvalue weighted by atomic mass is 9.95. The van der Waals surface area contributed by atoms with Gasteiger partial charge in [-0.05, 0) is 66.8 Å². The van der Waals surface area contributed by atoms with Crippen molar-refractivity contribution < 1.29 is 23.9 Å². The van der Waals surface area contributed by atoms with E-state index in [1.165, 1.54) is 12.0 Å². The number of anilines is 1. The Labute approximate surface area is 203 Å². The number of carbonyl (C=O) groups is 3. The molecule has 3 amide bonds. The number of rotatable bonds is 5. The molecule has 0 fully saturated rings. The van der Waals surface area contributed by atoms with Crippen molar-refractivity contribution in [2.75, 3.05) is 25.7 Å². The molecule has 35 heavy (non-hydrogen) atoms. The molecule has 0 N–H and O–H groups in total. The monoisotopic (exact) mass is 470 g/mol. The van der Waals surface area contributed by atoms with Gasteiger partial charge in [0.1, 0.15) is 11.5 Å². The highest BCUT2D eigenvalue weighted by atomic mass is 16.5. The van der Waals surface area contributed by atoms with Gasteiger partial charge in [0.15, 0.2) is 0 Å². The molecule has 7 heteroatoms. The summed E-state index contributed by atoms with van der Waals surface area (Å²) in [7, 11) is 3.12. The number of carbonyl (C=O) groups excluding carboxylic acids is 3. The van der Waals surface area contributed by atoms with Crippen LogP contribution in [0.1, 0.15) is 54.2 Å². The summed E-state index contributed by atoms with van der Waals surface area (Å²) in [5, 5.41) is 0. The number of benzene rings is 3. The first-order valence-electron chi connectivity index (χ1n) is 11.5. The minimum absolute atomic E-state index is 0.0651. The van der Waals surface area contributed by atoms with Gasteiger partial charge < -0.3 is 14.4 Å². The first kappa shape index (κ1) is 22.7. The molecule has 0 saturated heterocycles. The zero-order valence-electron chi connectivity index (χ0n) is 20.0. The summed E-state index contributed by atoms with van der Waals surface area (Å²) >= 11 is 0. The largest absolute Gasteiger partial charge is 0.496 e. The van der Waals surface area contributed by atoms with E-state index in [0.29, 0.717) is 40.3 Å². The highest BCUT2D eigenvalue weighted by Crippen LogP contribution is 2.39. The van der Waals surface area contributed by atoms with E-state index in [-0.39, 0.29) is 24.3 Å². The van der Waals surface area contributed by atoms with Crippen molar-refractivity contribution >= 4 is 23.4 Å². The number of aryl methyl sites for hydroxylation is 1. The Kier molecular flexibility index (Phi) is 5.76. The van der Waals surface area contributed by atoms with Crippen LogP contribution in [0.3, 0.4) is 0 Å². The Morgan fingerprint density at radius 1 is 0.914 bits per heavy atom. The summed E-state index contributed by atoms with van der Waals surface area (Å²) in [5.41, 5.74) is 4.84. The maximum absolute atomic E-state index is 13.9. The molecular weight excluding hydrogens is 444 g/mol. The van der Waals surface area contributed by atoms with Crippen molar-refractivity contribution in [2.24, 2.45) is 0 Å². The van der Waals surface area contributed by atoms with Gasteiger partial charge in [-0.2, -0.15) is 0 Å². The minimum Gasteiger partial charge on any atom is -0.496 e. The molecule has 0 unspecified atom stereocenters. The molecule has 7 nitrogen and oxygen atoms in total. The molecule has 5 rings (SSSR count). The standard InChI is InChI=1S/C28H26N2O5/c1-17-10-12-24(35-3)25-19(17)9-6-14-29(25)28(33)22-15-18(11-13-23(22)34-2)16-30-26(31)20-7-4-5-8-21(20)27(30)32/h4-5,7-8,10-13,15H,6,9,14,16H2,1-3H3. The quantitative estimate of drug-likeness (QED) is 0.517. The van der Waals surface area contributed by atoms with Crippen LogP contribution in [0.15, 0.2) is 54.6 Å². The number of hydrogen-bond acceptors (Lipinski definition) is 5. The van der Waals surface area contributed by atoms with E-state index in [9.17, 15) is 14.4 Å². The molecule has 2 aliphatic heterocycles. The fourth-order valence-electron chi connectivity index (χ4n) is 4.95. The molecule has 2 heterocycles. The van der Waals surface area contributed by atoms with E-state index in [1.54, 1.807) is 54.5 Å². The van der Waals surface area contributed by atoms with E-state index >= 15 is 0 Å². The normalized spacial score (nSPS) is 14.6. The van der Waals surface area contributed by atoms with Gasteiger partial charge in [-0.25, -0.2) is 0 Å². The number of fused-ring (bicyclic) bond motifs is 2. The number of amides is 3. The Hall–Kier alpha value is -4.13. The molecule has 0 spiro atoms. The lowest BCUT2D eigenvalue weighted by Gasteiger charge is -2.32. The zero-order chi connectivity index (χ0) is 24.7. The second-order valence-electron chi connectivity index (χ2n) is 8.75. The Balaban J connectivity index is 1.50. The molecule has 0 saturated carbocycles. The summed E-state index contributed by atoms with van der Waals surface area (Å²) in [6, 6.07) is 15.9. The average molecular weight is 471 g/mol. The highest BCUT2D eigenvalue weighted by molar-refractivity contribution is 6.21. The molecule has 3 aromatic rings. The van der Waals surface area contributed by atoms with E-state index in [0.717, 1.165) is 29.7 Å². The fourth-order valence-corrected chi connectivity index (χ4v) is 4.95. The third kappa shape index (κ3) is 3.73. The van der Waals surface area contributed by atoms with Crippen LogP contribution in [-0.2, 0) is 13.0 Å². The summed E-state index contributed by atoms with van der Waals surface area (Å²) in [6.45, 7) is 2.66. The van der Waals surface area contributed by atoms with Gasteiger partial charge in [-0.15, -0.1) is 0 Å². The molecule has 2 aliphatic rings. The smallest absolute Gasteiger partial charge is 0.262 e. The zero-order valence-corrected chi connectivity index (χ0v) is 20.0. The number of nitrogens with zero attached hydrogens (tertiary/aromatic N) is 2. The predicted octanol–water partition coefficient (Wildman–Crippen LogP) is 4.40. The van der Waals surface area contributed by atoms with E-state index < -0.39 is 0 Å². The second kappa shape index (κ2) is 8.91. The van der Waals surface area contributed by atoms with Gasteiger partial charge in [-0.1, -0.05) is 24.3 Å². The summed E-state index contributed by atoms with van der Waals surface area (Å²) < 4.78 is 11.1. The Morgan fingerprint density at radius 2 is 1.57 bits per heavy atom. The van der Waals surface area contributed by atoms with Crippen LogP contribution >= 0.6 is 0 Å². The van der Waals surface area contributed by atoms with Crippen LogP contribution in [0.4, 0.5) is 5.69 Å². The van der Waals surface area contributed by atoms with Crippen LogP contribution in [0.25, 0.3) is 0 Å². The SMILES string of the molecule is COc1ccc(CN2C(=O)c3ccccc3C2=O)cc1C(=O)N1CCCc2c(C)ccc(OC)c21. The lowest BCUT2D eigenvalue weighted by molar-refractivity contribution is 0.0642. The summed E-state index contributed by atoms with van der Waals surface area (Å²) in [5.74, 6) is 0.203. The number of ether oxygens (including phenoxy) is 2. The first-order valence-corrected chi connectivity index (χ1v) is 11.5. The molecule has 3 aromatic carbocycles. The van der Waals surface area contributed by atoms with Crippen LogP contribution < -0.4 is 14.4 Å². The van der Waals surface area contributed by atoms with Crippen molar-refractivity contribution in [2.45, 2.75) is 26.3 Å². The van der Waals surface area contributed by atoms with Gasteiger partial charge >= 0.3 is 0 Å². The lowest BCUT2D eigenvalue weighted by Crippen LogP contribution is -2.36. The summed E-state index contributed by atoms with van der Waals surface area (Å²) in [6.07, 6.45) is 1.71. The van der Waals surface area contributed by atoms with Gasteiger partial charge in [0.25, 0.3) is 17.7 Å². The number of methoxy groups -OCH3 is 2. The van der Waals surface area contributed by atoms with E-state index in [1.807, 2.05) is 19.1 Å². The molecule has 178 valence electrons. The topological polar surface area (TPSA) is 76.2 Å². The molecule has 0 radical (unpaired) electrons. The Morgan fingerprint density at radius 3 is 2.23 bits per heavy atom. The minimum atomic E-state index is -0.334. The fraction of sp³-hybridized carbons (Fsp3) is 0.250. The van der Waals surface area contributed by atoms with Crippen molar-refractivity contribution in [1.82, 2.24) is 4.90 Å². The van der Waals surface area contributed by atoms with Gasteiger partial charge in [0.2, 0.25) is 0 Å². The molecule has 0 atom stereocenters. The third-order valence-corrected chi connectivity index (χ3v) is 6.74. The second-order valence-corrected chi connectivity index (χ2v) is 8.75. The van der Waals surface area contributed by atoms with Crippen LogP contribution in [0, 0.1) is 6.92 Å². The van der Waals surface area contributed by atoms with Crippen LogP contribution in [0.2, 0.25) is 0 Å². The molecular formula is C28H26N2O5. The Bertz CT molecular complexity index is 1330. The summed E-state index contributed by atoms with van der Waals surface area (Å²) in [4.78, 5) is 42.5. The molecule has 0 aromatic heterocycles. The van der Waals surface area contributed by atoms with Crippen molar-refractivity contribution in [3.05, 3.63) is 88.0 Å². The average Bonchev–Trinajstić information content (AvgIpc) is 3.13. The van der Waals surface area contributed by atoms with Crippen molar-refractivity contribution in [3.8, 4) is 11.5 Å². The maximum atomic E-state index is 13.9. The van der Waals surface area contributed by atoms with E-state index in [4.69, 9.17) is 9.47 Å². The molecule has 0 aliphatic carbocycles. The van der Waals surface area contributed by atoms with Gasteiger partial charge in [-0.3, -0.25) is 19.3 Å². The van der Waals surface area contributed by atoms with E-state index in [2.05, 4.69) is 0 Å². The van der Waals surface area contributed by atoms with Crippen molar-refractivity contribution in [3.63, 3.8) is 0 Å². The first-order chi connectivity index (χ1) is 16.9. The third-order valence-electron chi connectivity index (χ3n) is 6.74. The number of hydrogen-bond donors (Lipinski definition) is 0. The number of imide groups is 1. The predicted molar refractivity (Wildman–Crippen MR) is 131 cm³/mol. The van der Waals surface area contributed by atoms with Gasteiger partial charge in [0, 0.05) is 6.54 Å². The van der Waals surface area contributed by atoms with Crippen LogP contribution in [-0.4, -0.2) is 43.4 Å². The maximum Gasteiger partial charge on any atom is 0.262 e. The highest BCUT2D eigenvalue weighted by Gasteiger charge is 2.35. The van der Waals surface area contributed by atoms with Gasteiger partial charge in [0.05, 0.1) is 43.1 Å². The van der Waals surface area contributed by atoms with Crippen molar-refractivity contribution in [1.29, 1.82) is 0 Å². The molecule has 0 bridgehead atoms. The van der Waals surface area contributed by atoms with Crippen LogP contribution in [0.5, 0.6) is 11.5 Å².